The van der Waals surface area contributed by atoms with Crippen LogP contribution in [0, 0.1) is 17.0 Å². The van der Waals surface area contributed by atoms with Crippen molar-refractivity contribution >= 4 is 33.9 Å². The van der Waals surface area contributed by atoms with Crippen molar-refractivity contribution in [1.82, 2.24) is 0 Å². The van der Waals surface area contributed by atoms with Crippen molar-refractivity contribution in [3.8, 4) is 5.75 Å². The molecule has 1 aromatic carbocycles. The number of nitrogens with one attached hydrogen (secondary N) is 1. The molecule has 1 aliphatic carbocycles. The molecule has 28 heavy (non-hydrogen) atoms. The Morgan fingerprint density at radius 3 is 2.79 bits per heavy atom. The summed E-state index contributed by atoms with van der Waals surface area (Å²) in [4.78, 5) is 36.1. The number of nitro benzene ring substituents is 1. The van der Waals surface area contributed by atoms with Crippen molar-refractivity contribution in [2.45, 2.75) is 33.1 Å². The molecule has 0 radical (unpaired) electrons. The Labute approximate surface area is 165 Å². The summed E-state index contributed by atoms with van der Waals surface area (Å²) in [6.07, 6.45) is 2.68. The van der Waals surface area contributed by atoms with Crippen LogP contribution >= 0.6 is 11.3 Å². The molecular weight excluding hydrogens is 384 g/mol. The van der Waals surface area contributed by atoms with Crippen LogP contribution in [-0.4, -0.2) is 30.0 Å². The Balaban J connectivity index is 1.68. The molecule has 8 nitrogen and oxygen atoms in total. The molecule has 1 aliphatic rings. The van der Waals surface area contributed by atoms with Crippen LogP contribution in [-0.2, 0) is 22.4 Å². The molecule has 0 aliphatic heterocycles. The third-order valence-corrected chi connectivity index (χ3v) is 5.60. The van der Waals surface area contributed by atoms with Crippen LogP contribution in [0.1, 0.15) is 39.7 Å². The topological polar surface area (TPSA) is 108 Å². The number of aryl methyl sites for hydroxylation is 2. The highest BCUT2D eigenvalue weighted by Gasteiger charge is 2.28. The number of hydrogen-bond acceptors (Lipinski definition) is 7. The molecule has 0 fully saturated rings. The third kappa shape index (κ3) is 4.14. The fourth-order valence-corrected chi connectivity index (χ4v) is 4.44. The fourth-order valence-electron chi connectivity index (χ4n) is 3.15. The number of amides is 1. The van der Waals surface area contributed by atoms with Crippen molar-refractivity contribution in [3.05, 3.63) is 49.9 Å². The smallest absolute Gasteiger partial charge is 0.341 e. The van der Waals surface area contributed by atoms with Gasteiger partial charge in [-0.25, -0.2) is 4.79 Å². The molecule has 3 rings (SSSR count). The largest absolute Gasteiger partial charge is 0.484 e. The molecule has 0 bridgehead atoms. The summed E-state index contributed by atoms with van der Waals surface area (Å²) >= 11 is 1.40. The number of nitro groups is 1. The van der Waals surface area contributed by atoms with E-state index < -0.39 is 16.8 Å². The summed E-state index contributed by atoms with van der Waals surface area (Å²) in [6, 6.07) is 4.29. The van der Waals surface area contributed by atoms with Gasteiger partial charge in [-0.15, -0.1) is 11.3 Å². The Kier molecular flexibility index (Phi) is 5.93. The van der Waals surface area contributed by atoms with Crippen molar-refractivity contribution in [1.29, 1.82) is 0 Å². The van der Waals surface area contributed by atoms with Gasteiger partial charge in [-0.2, -0.15) is 0 Å². The van der Waals surface area contributed by atoms with Gasteiger partial charge in [0.05, 0.1) is 17.1 Å². The second-order valence-corrected chi connectivity index (χ2v) is 7.43. The van der Waals surface area contributed by atoms with Gasteiger partial charge in [-0.3, -0.25) is 14.9 Å². The van der Waals surface area contributed by atoms with Crippen molar-refractivity contribution in [2.75, 3.05) is 18.5 Å². The van der Waals surface area contributed by atoms with Gasteiger partial charge < -0.3 is 14.8 Å². The Bertz CT molecular complexity index is 937. The maximum absolute atomic E-state index is 12.3. The third-order valence-electron chi connectivity index (χ3n) is 4.39. The van der Waals surface area contributed by atoms with Crippen LogP contribution in [0.3, 0.4) is 0 Å². The molecule has 1 aromatic heterocycles. The number of hydrogen-bond donors (Lipinski definition) is 1. The zero-order valence-corrected chi connectivity index (χ0v) is 16.4. The normalized spacial score (nSPS) is 12.4. The lowest BCUT2D eigenvalue weighted by molar-refractivity contribution is -0.385. The first kappa shape index (κ1) is 19.8. The van der Waals surface area contributed by atoms with Gasteiger partial charge in [0.25, 0.3) is 11.6 Å². The molecule has 0 saturated carbocycles. The second-order valence-electron chi connectivity index (χ2n) is 6.32. The highest BCUT2D eigenvalue weighted by atomic mass is 32.1. The number of benzene rings is 1. The first-order valence-corrected chi connectivity index (χ1v) is 9.71. The summed E-state index contributed by atoms with van der Waals surface area (Å²) in [6.45, 7) is 3.33. The van der Waals surface area contributed by atoms with E-state index in [1.54, 1.807) is 13.8 Å². The minimum atomic E-state index is -0.473. The quantitative estimate of drug-likeness (QED) is 0.429. The Morgan fingerprint density at radius 1 is 1.32 bits per heavy atom. The molecule has 1 N–H and O–H groups in total. The van der Waals surface area contributed by atoms with E-state index in [1.165, 1.54) is 29.5 Å². The molecule has 1 amide bonds. The average Bonchev–Trinajstić information content (AvgIpc) is 3.20. The molecule has 1 heterocycles. The number of nitrogens with zero attached hydrogens (tertiary/aromatic N) is 1. The van der Waals surface area contributed by atoms with Crippen LogP contribution in [0.25, 0.3) is 0 Å². The number of fused-ring (bicyclic) bond motifs is 1. The van der Waals surface area contributed by atoms with E-state index >= 15 is 0 Å². The van der Waals surface area contributed by atoms with Gasteiger partial charge in [0, 0.05) is 16.5 Å². The van der Waals surface area contributed by atoms with Crippen LogP contribution in [0.15, 0.2) is 18.2 Å². The highest BCUT2D eigenvalue weighted by molar-refractivity contribution is 7.17. The molecule has 0 atom stereocenters. The maximum atomic E-state index is 12.3. The summed E-state index contributed by atoms with van der Waals surface area (Å²) in [7, 11) is 0. The van der Waals surface area contributed by atoms with Crippen molar-refractivity contribution in [3.63, 3.8) is 0 Å². The molecule has 0 unspecified atom stereocenters. The molecule has 9 heteroatoms. The average molecular weight is 404 g/mol. The molecule has 0 spiro atoms. The lowest BCUT2D eigenvalue weighted by Crippen LogP contribution is -2.21. The van der Waals surface area contributed by atoms with Gasteiger partial charge in [-0.1, -0.05) is 0 Å². The Morgan fingerprint density at radius 2 is 2.11 bits per heavy atom. The van der Waals surface area contributed by atoms with Gasteiger partial charge in [0.1, 0.15) is 10.8 Å². The molecule has 148 valence electrons. The van der Waals surface area contributed by atoms with E-state index in [0.29, 0.717) is 21.9 Å². The summed E-state index contributed by atoms with van der Waals surface area (Å²) in [5.41, 5.74) is 1.84. The van der Waals surface area contributed by atoms with Crippen LogP contribution in [0.2, 0.25) is 0 Å². The zero-order chi connectivity index (χ0) is 20.3. The number of rotatable bonds is 7. The van der Waals surface area contributed by atoms with Crippen LogP contribution < -0.4 is 10.1 Å². The van der Waals surface area contributed by atoms with Crippen molar-refractivity contribution < 1.29 is 24.0 Å². The summed E-state index contributed by atoms with van der Waals surface area (Å²) in [5, 5.41) is 14.1. The van der Waals surface area contributed by atoms with Crippen LogP contribution in [0.4, 0.5) is 10.7 Å². The number of carbonyl (C=O) groups excluding carboxylic acids is 2. The number of thiophene rings is 1. The van der Waals surface area contributed by atoms with Gasteiger partial charge in [-0.05, 0) is 50.8 Å². The lowest BCUT2D eigenvalue weighted by Gasteiger charge is -2.09. The maximum Gasteiger partial charge on any atom is 0.341 e. The minimum Gasteiger partial charge on any atom is -0.484 e. The molecule has 2 aromatic rings. The van der Waals surface area contributed by atoms with E-state index in [4.69, 9.17) is 9.47 Å². The highest BCUT2D eigenvalue weighted by Crippen LogP contribution is 2.39. The fraction of sp³-hybridized carbons (Fsp3) is 0.368. The first-order valence-electron chi connectivity index (χ1n) is 8.90. The minimum absolute atomic E-state index is 0.0102. The zero-order valence-electron chi connectivity index (χ0n) is 15.6. The second kappa shape index (κ2) is 8.39. The molecular formula is C19H20N2O6S. The van der Waals surface area contributed by atoms with Gasteiger partial charge in [0.2, 0.25) is 0 Å². The Hall–Kier alpha value is -2.94. The van der Waals surface area contributed by atoms with Gasteiger partial charge >= 0.3 is 5.97 Å². The number of anilines is 1. The van der Waals surface area contributed by atoms with E-state index in [1.807, 2.05) is 0 Å². The molecule has 0 saturated heterocycles. The van der Waals surface area contributed by atoms with E-state index in [2.05, 4.69) is 5.32 Å². The lowest BCUT2D eigenvalue weighted by atomic mass is 10.1. The monoisotopic (exact) mass is 404 g/mol. The van der Waals surface area contributed by atoms with E-state index in [9.17, 15) is 19.7 Å². The standard InChI is InChI=1S/C19H20N2O6S/c1-3-26-19(23)17-13-5-4-6-15(13)28-18(17)20-16(22)10-27-12-7-8-14(21(24)25)11(2)9-12/h7-9H,3-6,10H2,1-2H3,(H,20,22). The predicted octanol–water partition coefficient (Wildman–Crippen LogP) is 3.65. The number of ether oxygens (including phenoxy) is 2. The SMILES string of the molecule is CCOC(=O)c1c(NC(=O)COc2ccc([N+](=O)[O-])c(C)c2)sc2c1CCC2. The number of esters is 1. The summed E-state index contributed by atoms with van der Waals surface area (Å²) < 4.78 is 10.6. The first-order chi connectivity index (χ1) is 13.4. The van der Waals surface area contributed by atoms with Gasteiger partial charge in [0.15, 0.2) is 6.61 Å². The number of carbonyl (C=O) groups is 2. The summed E-state index contributed by atoms with van der Waals surface area (Å²) in [5.74, 6) is -0.483. The van der Waals surface area contributed by atoms with E-state index in [-0.39, 0.29) is 18.9 Å². The van der Waals surface area contributed by atoms with E-state index in [0.717, 1.165) is 29.7 Å². The van der Waals surface area contributed by atoms with Crippen molar-refractivity contribution in [2.24, 2.45) is 0 Å². The van der Waals surface area contributed by atoms with Crippen LogP contribution in [0.5, 0.6) is 5.75 Å². The predicted molar refractivity (Wildman–Crippen MR) is 104 cm³/mol.